The van der Waals surface area contributed by atoms with E-state index in [1.807, 2.05) is 12.4 Å². The fourth-order valence-electron chi connectivity index (χ4n) is 7.29. The highest BCUT2D eigenvalue weighted by molar-refractivity contribution is 6.23. The fourth-order valence-corrected chi connectivity index (χ4v) is 7.29. The molecular formula is C39H27N3. The highest BCUT2D eigenvalue weighted by Crippen LogP contribution is 2.45. The maximum Gasteiger partial charge on any atom is 0.0489 e. The highest BCUT2D eigenvalue weighted by Gasteiger charge is 2.19. The molecule has 0 saturated heterocycles. The van der Waals surface area contributed by atoms with Gasteiger partial charge in [0, 0.05) is 75.5 Å². The normalized spacial score (nSPS) is 12.0. The van der Waals surface area contributed by atoms with Crippen molar-refractivity contribution in [3.8, 4) is 22.3 Å². The molecule has 0 saturated carbocycles. The number of para-hydroxylation sites is 2. The lowest BCUT2D eigenvalue weighted by Crippen LogP contribution is -1.92. The van der Waals surface area contributed by atoms with Crippen LogP contribution < -0.4 is 0 Å². The van der Waals surface area contributed by atoms with Crippen molar-refractivity contribution in [2.45, 2.75) is 0 Å². The number of benzene rings is 6. The number of nitrogens with zero attached hydrogens (tertiary/aromatic N) is 3. The second-order valence-corrected chi connectivity index (χ2v) is 11.3. The molecule has 0 radical (unpaired) electrons. The third-order valence-electron chi connectivity index (χ3n) is 9.23. The summed E-state index contributed by atoms with van der Waals surface area (Å²) in [5.74, 6) is 0. The molecule has 0 aliphatic heterocycles. The lowest BCUT2D eigenvalue weighted by Gasteiger charge is -2.17. The Hall–Kier alpha value is -5.41. The molecule has 42 heavy (non-hydrogen) atoms. The van der Waals surface area contributed by atoms with Crippen LogP contribution in [0.1, 0.15) is 0 Å². The number of rotatable bonds is 2. The predicted molar refractivity (Wildman–Crippen MR) is 178 cm³/mol. The summed E-state index contributed by atoms with van der Waals surface area (Å²) in [5.41, 5.74) is 9.92. The van der Waals surface area contributed by atoms with Gasteiger partial charge in [-0.1, -0.05) is 72.8 Å². The summed E-state index contributed by atoms with van der Waals surface area (Å²) >= 11 is 0. The van der Waals surface area contributed by atoms with E-state index < -0.39 is 0 Å². The molecule has 0 bridgehead atoms. The average molecular weight is 538 g/mol. The van der Waals surface area contributed by atoms with Gasteiger partial charge >= 0.3 is 0 Å². The molecule has 0 amide bonds. The summed E-state index contributed by atoms with van der Waals surface area (Å²) in [4.78, 5) is 4.64. The van der Waals surface area contributed by atoms with Gasteiger partial charge in [0.2, 0.25) is 0 Å². The summed E-state index contributed by atoms with van der Waals surface area (Å²) in [6.45, 7) is 0. The van der Waals surface area contributed by atoms with Crippen LogP contribution in [0.3, 0.4) is 0 Å². The smallest absolute Gasteiger partial charge is 0.0489 e. The number of hydrogen-bond acceptors (Lipinski definition) is 1. The van der Waals surface area contributed by atoms with E-state index in [0.717, 1.165) is 0 Å². The number of aromatic nitrogens is 3. The summed E-state index contributed by atoms with van der Waals surface area (Å²) in [7, 11) is 4.31. The van der Waals surface area contributed by atoms with E-state index in [1.54, 1.807) is 0 Å². The van der Waals surface area contributed by atoms with Crippen LogP contribution in [0, 0.1) is 0 Å². The molecule has 3 heteroatoms. The molecule has 3 heterocycles. The number of pyridine rings is 1. The molecule has 9 aromatic rings. The van der Waals surface area contributed by atoms with Crippen molar-refractivity contribution in [2.75, 3.05) is 0 Å². The van der Waals surface area contributed by atoms with E-state index in [4.69, 9.17) is 0 Å². The molecule has 0 fully saturated rings. The zero-order chi connectivity index (χ0) is 27.9. The van der Waals surface area contributed by atoms with Crippen molar-refractivity contribution in [2.24, 2.45) is 14.1 Å². The Morgan fingerprint density at radius 3 is 1.38 bits per heavy atom. The Balaban J connectivity index is 1.38. The number of aryl methyl sites for hydroxylation is 2. The van der Waals surface area contributed by atoms with Gasteiger partial charge in [-0.05, 0) is 80.9 Å². The maximum atomic E-state index is 4.64. The minimum absolute atomic E-state index is 1.17. The number of fused-ring (bicyclic) bond motifs is 8. The third-order valence-corrected chi connectivity index (χ3v) is 9.23. The van der Waals surface area contributed by atoms with Crippen LogP contribution in [0.4, 0.5) is 0 Å². The van der Waals surface area contributed by atoms with Gasteiger partial charge in [0.15, 0.2) is 0 Å². The van der Waals surface area contributed by atoms with Crippen molar-refractivity contribution in [3.63, 3.8) is 0 Å². The second kappa shape index (κ2) is 8.55. The van der Waals surface area contributed by atoms with Gasteiger partial charge in [0.1, 0.15) is 0 Å². The van der Waals surface area contributed by atoms with Crippen molar-refractivity contribution >= 4 is 65.2 Å². The largest absolute Gasteiger partial charge is 0.344 e. The lowest BCUT2D eigenvalue weighted by molar-refractivity contribution is 1.01. The van der Waals surface area contributed by atoms with Crippen molar-refractivity contribution in [1.82, 2.24) is 14.1 Å². The molecule has 0 aliphatic carbocycles. The first kappa shape index (κ1) is 23.3. The first-order valence-electron chi connectivity index (χ1n) is 14.4. The maximum absolute atomic E-state index is 4.64. The Labute approximate surface area is 242 Å². The van der Waals surface area contributed by atoms with E-state index >= 15 is 0 Å². The molecule has 198 valence electrons. The quantitative estimate of drug-likeness (QED) is 0.201. The molecule has 9 rings (SSSR count). The van der Waals surface area contributed by atoms with Gasteiger partial charge < -0.3 is 9.13 Å². The average Bonchev–Trinajstić information content (AvgIpc) is 3.50. The van der Waals surface area contributed by atoms with Crippen molar-refractivity contribution in [1.29, 1.82) is 0 Å². The molecule has 6 aromatic carbocycles. The van der Waals surface area contributed by atoms with E-state index in [9.17, 15) is 0 Å². The zero-order valence-corrected chi connectivity index (χ0v) is 23.5. The SMILES string of the molecule is Cn1c2ccccc2c2cc(-c3c4ccccc4c(-c4ccc5c(c4)c4ccccc4n5C)c4cnccc34)ccc21. The van der Waals surface area contributed by atoms with E-state index in [0.29, 0.717) is 0 Å². The Morgan fingerprint density at radius 2 is 0.833 bits per heavy atom. The van der Waals surface area contributed by atoms with Crippen LogP contribution in [-0.4, -0.2) is 14.1 Å². The van der Waals surface area contributed by atoms with Crippen LogP contribution in [0.25, 0.3) is 87.4 Å². The minimum atomic E-state index is 1.17. The molecular weight excluding hydrogens is 510 g/mol. The van der Waals surface area contributed by atoms with Crippen LogP contribution in [0.5, 0.6) is 0 Å². The molecule has 0 aliphatic rings. The van der Waals surface area contributed by atoms with E-state index in [2.05, 4.69) is 143 Å². The fraction of sp³-hybridized carbons (Fsp3) is 0.0513. The predicted octanol–water partition coefficient (Wildman–Crippen LogP) is 10.0. The first-order chi connectivity index (χ1) is 20.7. The summed E-state index contributed by atoms with van der Waals surface area (Å²) in [5, 5.41) is 10.0. The van der Waals surface area contributed by atoms with Crippen LogP contribution in [0.15, 0.2) is 128 Å². The van der Waals surface area contributed by atoms with Gasteiger partial charge in [-0.3, -0.25) is 4.98 Å². The van der Waals surface area contributed by atoms with Gasteiger partial charge in [-0.2, -0.15) is 0 Å². The Morgan fingerprint density at radius 1 is 0.405 bits per heavy atom. The minimum Gasteiger partial charge on any atom is -0.344 e. The molecule has 0 unspecified atom stereocenters. The van der Waals surface area contributed by atoms with Gasteiger partial charge in [-0.15, -0.1) is 0 Å². The molecule has 3 nitrogen and oxygen atoms in total. The Kier molecular flexibility index (Phi) is 4.74. The summed E-state index contributed by atoms with van der Waals surface area (Å²) in [6.07, 6.45) is 3.97. The second-order valence-electron chi connectivity index (χ2n) is 11.3. The van der Waals surface area contributed by atoms with Crippen molar-refractivity contribution in [3.05, 3.63) is 128 Å². The van der Waals surface area contributed by atoms with Crippen molar-refractivity contribution < 1.29 is 0 Å². The standard InChI is InChI=1S/C39H27N3/c1-41-34-13-7-5-9-26(34)31-21-24(15-17-36(31)41)38-28-11-3-4-12-29(28)39(33-23-40-20-19-30(33)38)25-16-18-37-32(22-25)27-10-6-8-14-35(27)42(37)2/h3-23H,1-2H3. The zero-order valence-electron chi connectivity index (χ0n) is 23.5. The molecule has 0 N–H and O–H groups in total. The molecule has 0 atom stereocenters. The number of hydrogen-bond donors (Lipinski definition) is 0. The van der Waals surface area contributed by atoms with Crippen LogP contribution in [-0.2, 0) is 14.1 Å². The van der Waals surface area contributed by atoms with Crippen LogP contribution >= 0.6 is 0 Å². The van der Waals surface area contributed by atoms with E-state index in [1.165, 1.54) is 87.4 Å². The topological polar surface area (TPSA) is 22.8 Å². The Bertz CT molecular complexity index is 2310. The van der Waals surface area contributed by atoms with Crippen LogP contribution in [0.2, 0.25) is 0 Å². The summed E-state index contributed by atoms with van der Waals surface area (Å²) < 4.78 is 4.58. The molecule has 3 aromatic heterocycles. The van der Waals surface area contributed by atoms with Gasteiger partial charge in [-0.25, -0.2) is 0 Å². The highest BCUT2D eigenvalue weighted by atomic mass is 14.9. The first-order valence-corrected chi connectivity index (χ1v) is 14.4. The van der Waals surface area contributed by atoms with E-state index in [-0.39, 0.29) is 0 Å². The molecule has 0 spiro atoms. The third kappa shape index (κ3) is 3.08. The van der Waals surface area contributed by atoms with Gasteiger partial charge in [0.05, 0.1) is 0 Å². The lowest BCUT2D eigenvalue weighted by atomic mass is 9.86. The van der Waals surface area contributed by atoms with Gasteiger partial charge in [0.25, 0.3) is 0 Å². The monoisotopic (exact) mass is 537 g/mol. The summed E-state index contributed by atoms with van der Waals surface area (Å²) in [6, 6.07) is 42.2.